The molecule has 3 aliphatic rings. The number of carbonyl (C=O) groups is 2. The zero-order chi connectivity index (χ0) is 16.5. The summed E-state index contributed by atoms with van der Waals surface area (Å²) in [5.41, 5.74) is 0. The zero-order valence-electron chi connectivity index (χ0n) is 14.1. The predicted octanol–water partition coefficient (Wildman–Crippen LogP) is 2.57. The molecule has 5 nitrogen and oxygen atoms in total. The molecule has 4 rings (SSSR count). The third-order valence-electron chi connectivity index (χ3n) is 6.25. The van der Waals surface area contributed by atoms with E-state index in [-0.39, 0.29) is 17.7 Å². The molecule has 1 aromatic heterocycles. The molecular weight excluding hydrogens is 304 g/mol. The van der Waals surface area contributed by atoms with Crippen LogP contribution in [0.1, 0.15) is 44.3 Å². The highest BCUT2D eigenvalue weighted by Crippen LogP contribution is 2.49. The second kappa shape index (κ2) is 6.61. The number of hydrogen-bond acceptors (Lipinski definition) is 3. The molecule has 2 aliphatic carbocycles. The highest BCUT2D eigenvalue weighted by Gasteiger charge is 2.44. The predicted molar refractivity (Wildman–Crippen MR) is 88.8 cm³/mol. The molecular formula is C19H26N2O3. The van der Waals surface area contributed by atoms with E-state index in [1.807, 2.05) is 17.0 Å². The standard InChI is InChI=1S/C19H26N2O3/c22-18(20-12-16-2-1-9-24-16)14-5-7-21(8-6-14)19(23)17-11-13-3-4-15(17)10-13/h1-2,9,13-15,17H,3-8,10-12H2,(H,20,22)/t13-,15-,17+/m0/s1. The monoisotopic (exact) mass is 330 g/mol. The van der Waals surface area contributed by atoms with Crippen molar-refractivity contribution in [3.05, 3.63) is 24.2 Å². The Morgan fingerprint density at radius 3 is 2.62 bits per heavy atom. The van der Waals surface area contributed by atoms with Crippen molar-refractivity contribution >= 4 is 11.8 Å². The van der Waals surface area contributed by atoms with Crippen LogP contribution >= 0.6 is 0 Å². The molecule has 2 bridgehead atoms. The average molecular weight is 330 g/mol. The lowest BCUT2D eigenvalue weighted by Crippen LogP contribution is -2.45. The maximum absolute atomic E-state index is 12.8. The molecule has 3 atom stereocenters. The first-order valence-electron chi connectivity index (χ1n) is 9.29. The molecule has 2 saturated carbocycles. The summed E-state index contributed by atoms with van der Waals surface area (Å²) >= 11 is 0. The summed E-state index contributed by atoms with van der Waals surface area (Å²) in [6, 6.07) is 3.68. The van der Waals surface area contributed by atoms with Crippen LogP contribution < -0.4 is 5.32 Å². The van der Waals surface area contributed by atoms with Gasteiger partial charge in [0.25, 0.3) is 0 Å². The minimum atomic E-state index is 0.0176. The van der Waals surface area contributed by atoms with Crippen LogP contribution in [0.4, 0.5) is 0 Å². The number of rotatable bonds is 4. The molecule has 0 unspecified atom stereocenters. The van der Waals surface area contributed by atoms with Crippen LogP contribution in [-0.4, -0.2) is 29.8 Å². The van der Waals surface area contributed by atoms with Gasteiger partial charge in [0.15, 0.2) is 0 Å². The van der Waals surface area contributed by atoms with E-state index in [1.165, 1.54) is 19.3 Å². The van der Waals surface area contributed by atoms with Gasteiger partial charge < -0.3 is 14.6 Å². The van der Waals surface area contributed by atoms with E-state index >= 15 is 0 Å². The Morgan fingerprint density at radius 2 is 2.00 bits per heavy atom. The lowest BCUT2D eigenvalue weighted by molar-refractivity contribution is -0.140. The quantitative estimate of drug-likeness (QED) is 0.923. The van der Waals surface area contributed by atoms with Gasteiger partial charge in [-0.2, -0.15) is 0 Å². The van der Waals surface area contributed by atoms with E-state index in [9.17, 15) is 9.59 Å². The van der Waals surface area contributed by atoms with Crippen LogP contribution in [0.15, 0.2) is 22.8 Å². The van der Waals surface area contributed by atoms with Crippen molar-refractivity contribution in [2.75, 3.05) is 13.1 Å². The first kappa shape index (κ1) is 15.7. The summed E-state index contributed by atoms with van der Waals surface area (Å²) in [5, 5.41) is 2.94. The van der Waals surface area contributed by atoms with Gasteiger partial charge in [-0.25, -0.2) is 0 Å². The summed E-state index contributed by atoms with van der Waals surface area (Å²) in [5.74, 6) is 2.94. The fraction of sp³-hybridized carbons (Fsp3) is 0.684. The number of nitrogens with zero attached hydrogens (tertiary/aromatic N) is 1. The SMILES string of the molecule is O=C(NCc1ccco1)C1CCN(C(=O)[C@@H]2C[C@H]3CC[C@H]2C3)CC1. The van der Waals surface area contributed by atoms with Gasteiger partial charge in [0.2, 0.25) is 11.8 Å². The lowest BCUT2D eigenvalue weighted by atomic mass is 9.86. The largest absolute Gasteiger partial charge is 0.467 e. The van der Waals surface area contributed by atoms with Gasteiger partial charge in [-0.1, -0.05) is 6.42 Å². The third kappa shape index (κ3) is 3.08. The number of piperidine rings is 1. The zero-order valence-corrected chi connectivity index (χ0v) is 14.1. The van der Waals surface area contributed by atoms with E-state index in [0.717, 1.165) is 44.0 Å². The molecule has 0 spiro atoms. The molecule has 24 heavy (non-hydrogen) atoms. The van der Waals surface area contributed by atoms with Gasteiger partial charge >= 0.3 is 0 Å². The van der Waals surface area contributed by atoms with Crippen LogP contribution in [0.5, 0.6) is 0 Å². The number of hydrogen-bond donors (Lipinski definition) is 1. The second-order valence-corrected chi connectivity index (χ2v) is 7.68. The normalized spacial score (nSPS) is 29.8. The van der Waals surface area contributed by atoms with Crippen LogP contribution in [0.25, 0.3) is 0 Å². The van der Waals surface area contributed by atoms with E-state index in [1.54, 1.807) is 6.26 Å². The Hall–Kier alpha value is -1.78. The van der Waals surface area contributed by atoms with E-state index in [4.69, 9.17) is 4.42 Å². The molecule has 3 fully saturated rings. The fourth-order valence-corrected chi connectivity index (χ4v) is 4.88. The van der Waals surface area contributed by atoms with Crippen LogP contribution in [0.2, 0.25) is 0 Å². The Labute approximate surface area is 142 Å². The smallest absolute Gasteiger partial charge is 0.225 e. The number of amides is 2. The van der Waals surface area contributed by atoms with Crippen LogP contribution in [0, 0.1) is 23.7 Å². The molecule has 130 valence electrons. The fourth-order valence-electron chi connectivity index (χ4n) is 4.88. The minimum Gasteiger partial charge on any atom is -0.467 e. The van der Waals surface area contributed by atoms with Gasteiger partial charge in [0, 0.05) is 24.9 Å². The van der Waals surface area contributed by atoms with Crippen molar-refractivity contribution < 1.29 is 14.0 Å². The highest BCUT2D eigenvalue weighted by molar-refractivity contribution is 5.81. The van der Waals surface area contributed by atoms with E-state index < -0.39 is 0 Å². The Morgan fingerprint density at radius 1 is 1.17 bits per heavy atom. The molecule has 1 aromatic rings. The molecule has 2 heterocycles. The maximum Gasteiger partial charge on any atom is 0.225 e. The Balaban J connectivity index is 1.24. The van der Waals surface area contributed by atoms with Gasteiger partial charge in [-0.05, 0) is 56.1 Å². The first-order chi connectivity index (χ1) is 11.7. The molecule has 1 aliphatic heterocycles. The molecule has 0 aromatic carbocycles. The molecule has 0 radical (unpaired) electrons. The van der Waals surface area contributed by atoms with Crippen LogP contribution in [-0.2, 0) is 16.1 Å². The van der Waals surface area contributed by atoms with Crippen molar-refractivity contribution in [2.45, 2.75) is 45.1 Å². The summed E-state index contributed by atoms with van der Waals surface area (Å²) in [6.07, 6.45) is 8.10. The number of carbonyl (C=O) groups excluding carboxylic acids is 2. The molecule has 1 saturated heterocycles. The summed E-state index contributed by atoms with van der Waals surface area (Å²) in [4.78, 5) is 27.1. The van der Waals surface area contributed by atoms with E-state index in [0.29, 0.717) is 18.4 Å². The Bertz CT molecular complexity index is 590. The topological polar surface area (TPSA) is 62.6 Å². The number of fused-ring (bicyclic) bond motifs is 2. The van der Waals surface area contributed by atoms with Crippen molar-refractivity contribution in [2.24, 2.45) is 23.7 Å². The second-order valence-electron chi connectivity index (χ2n) is 7.68. The van der Waals surface area contributed by atoms with Crippen molar-refractivity contribution in [1.82, 2.24) is 10.2 Å². The van der Waals surface area contributed by atoms with Crippen molar-refractivity contribution in [1.29, 1.82) is 0 Å². The minimum absolute atomic E-state index is 0.0176. The van der Waals surface area contributed by atoms with Crippen LogP contribution in [0.3, 0.4) is 0 Å². The summed E-state index contributed by atoms with van der Waals surface area (Å²) < 4.78 is 5.23. The summed E-state index contributed by atoms with van der Waals surface area (Å²) in [7, 11) is 0. The van der Waals surface area contributed by atoms with Gasteiger partial charge in [0.1, 0.15) is 5.76 Å². The number of furan rings is 1. The molecule has 5 heteroatoms. The van der Waals surface area contributed by atoms with Gasteiger partial charge in [-0.3, -0.25) is 9.59 Å². The summed E-state index contributed by atoms with van der Waals surface area (Å²) in [6.45, 7) is 1.90. The molecule has 2 amide bonds. The number of nitrogens with one attached hydrogen (secondary N) is 1. The van der Waals surface area contributed by atoms with Crippen molar-refractivity contribution in [3.63, 3.8) is 0 Å². The van der Waals surface area contributed by atoms with E-state index in [2.05, 4.69) is 5.32 Å². The number of likely N-dealkylation sites (tertiary alicyclic amines) is 1. The highest BCUT2D eigenvalue weighted by atomic mass is 16.3. The molecule has 1 N–H and O–H groups in total. The third-order valence-corrected chi connectivity index (χ3v) is 6.25. The van der Waals surface area contributed by atoms with Gasteiger partial charge in [-0.15, -0.1) is 0 Å². The Kier molecular flexibility index (Phi) is 4.33. The van der Waals surface area contributed by atoms with Crippen molar-refractivity contribution in [3.8, 4) is 0 Å². The average Bonchev–Trinajstić information content (AvgIpc) is 3.36. The lowest BCUT2D eigenvalue weighted by Gasteiger charge is -2.34. The first-order valence-corrected chi connectivity index (χ1v) is 9.29. The van der Waals surface area contributed by atoms with Gasteiger partial charge in [0.05, 0.1) is 12.8 Å². The maximum atomic E-state index is 12.8.